The molecule has 0 aromatic heterocycles. The van der Waals surface area contributed by atoms with Crippen LogP contribution in [0.4, 0.5) is 17.1 Å². The summed E-state index contributed by atoms with van der Waals surface area (Å²) in [5, 5.41) is 6.32. The molecule has 4 rings (SSSR count). The van der Waals surface area contributed by atoms with Gasteiger partial charge in [0.2, 0.25) is 11.8 Å². The summed E-state index contributed by atoms with van der Waals surface area (Å²) < 4.78 is 0. The number of carbonyl (C=O) groups excluding carboxylic acids is 2. The van der Waals surface area contributed by atoms with Crippen molar-refractivity contribution in [3.8, 4) is 0 Å². The smallest absolute Gasteiger partial charge is 0.247 e. The second kappa shape index (κ2) is 9.32. The monoisotopic (exact) mass is 447 g/mol. The standard InChI is InChI=1S/C24H21N3O2S2/c1-16-10-12-19(13-11-16)27-22(28)15-21(23(27)29)31-20-9-5-8-18(14-20)26-24(30)25-17-6-3-2-4-7-17/h2-14,21H,15H2,1H3,(H2,25,26,30). The number of nitrogens with one attached hydrogen (secondary N) is 2. The van der Waals surface area contributed by atoms with Gasteiger partial charge in [0.1, 0.15) is 0 Å². The average Bonchev–Trinajstić information content (AvgIpc) is 3.02. The minimum Gasteiger partial charge on any atom is -0.332 e. The van der Waals surface area contributed by atoms with E-state index in [2.05, 4.69) is 10.6 Å². The zero-order chi connectivity index (χ0) is 21.8. The van der Waals surface area contributed by atoms with Crippen LogP contribution < -0.4 is 15.5 Å². The number of thiocarbonyl (C=S) groups is 1. The summed E-state index contributed by atoms with van der Waals surface area (Å²) in [5.74, 6) is -0.354. The number of nitrogens with zero attached hydrogens (tertiary/aromatic N) is 1. The van der Waals surface area contributed by atoms with Gasteiger partial charge in [0.15, 0.2) is 5.11 Å². The normalized spacial score (nSPS) is 15.8. The van der Waals surface area contributed by atoms with Crippen LogP contribution in [0.2, 0.25) is 0 Å². The maximum Gasteiger partial charge on any atom is 0.247 e. The Bertz CT molecular complexity index is 1120. The second-order valence-electron chi connectivity index (χ2n) is 7.19. The second-order valence-corrected chi connectivity index (χ2v) is 8.87. The Kier molecular flexibility index (Phi) is 6.34. The molecule has 0 spiro atoms. The van der Waals surface area contributed by atoms with Gasteiger partial charge in [0.05, 0.1) is 10.9 Å². The highest BCUT2D eigenvalue weighted by atomic mass is 32.2. The van der Waals surface area contributed by atoms with Crippen molar-refractivity contribution in [1.82, 2.24) is 0 Å². The van der Waals surface area contributed by atoms with Crippen LogP contribution in [0.15, 0.2) is 83.8 Å². The molecule has 7 heteroatoms. The van der Waals surface area contributed by atoms with E-state index in [0.717, 1.165) is 21.8 Å². The fourth-order valence-electron chi connectivity index (χ4n) is 3.29. The van der Waals surface area contributed by atoms with Gasteiger partial charge < -0.3 is 10.6 Å². The third kappa shape index (κ3) is 5.13. The number of benzene rings is 3. The largest absolute Gasteiger partial charge is 0.332 e. The molecule has 0 radical (unpaired) electrons. The zero-order valence-electron chi connectivity index (χ0n) is 16.9. The molecular formula is C24H21N3O2S2. The first-order chi connectivity index (χ1) is 15.0. The Hall–Kier alpha value is -3.16. The molecule has 1 atom stereocenters. The third-order valence-electron chi connectivity index (χ3n) is 4.80. The minimum atomic E-state index is -0.446. The van der Waals surface area contributed by atoms with E-state index in [4.69, 9.17) is 12.2 Å². The minimum absolute atomic E-state index is 0.172. The van der Waals surface area contributed by atoms with Crippen LogP contribution in [0.3, 0.4) is 0 Å². The summed E-state index contributed by atoms with van der Waals surface area (Å²) >= 11 is 6.78. The summed E-state index contributed by atoms with van der Waals surface area (Å²) in [7, 11) is 0. The van der Waals surface area contributed by atoms with Crippen LogP contribution >= 0.6 is 24.0 Å². The van der Waals surface area contributed by atoms with Crippen LogP contribution in [0.1, 0.15) is 12.0 Å². The molecule has 1 fully saturated rings. The lowest BCUT2D eigenvalue weighted by Gasteiger charge is -2.15. The maximum atomic E-state index is 12.9. The number of hydrogen-bond donors (Lipinski definition) is 2. The Morgan fingerprint density at radius 3 is 2.35 bits per heavy atom. The number of thioether (sulfide) groups is 1. The Morgan fingerprint density at radius 2 is 1.61 bits per heavy atom. The number of hydrogen-bond acceptors (Lipinski definition) is 4. The van der Waals surface area contributed by atoms with E-state index in [-0.39, 0.29) is 18.2 Å². The van der Waals surface area contributed by atoms with Gasteiger partial charge in [-0.1, -0.05) is 42.0 Å². The predicted molar refractivity (Wildman–Crippen MR) is 131 cm³/mol. The van der Waals surface area contributed by atoms with Gasteiger partial charge in [-0.05, 0) is 61.6 Å². The van der Waals surface area contributed by atoms with E-state index >= 15 is 0 Å². The number of imide groups is 1. The highest BCUT2D eigenvalue weighted by Crippen LogP contribution is 2.34. The Morgan fingerprint density at radius 1 is 0.935 bits per heavy atom. The molecule has 5 nitrogen and oxygen atoms in total. The van der Waals surface area contributed by atoms with Gasteiger partial charge >= 0.3 is 0 Å². The number of amides is 2. The Balaban J connectivity index is 1.41. The molecule has 156 valence electrons. The molecule has 0 bridgehead atoms. The predicted octanol–water partition coefficient (Wildman–Crippen LogP) is 5.23. The van der Waals surface area contributed by atoms with Gasteiger partial charge in [-0.2, -0.15) is 0 Å². The molecule has 3 aromatic carbocycles. The lowest BCUT2D eigenvalue weighted by atomic mass is 10.2. The molecule has 1 heterocycles. The van der Waals surface area contributed by atoms with E-state index in [1.807, 2.05) is 85.8 Å². The molecule has 2 N–H and O–H groups in total. The molecule has 3 aromatic rings. The van der Waals surface area contributed by atoms with Crippen LogP contribution in [0.5, 0.6) is 0 Å². The van der Waals surface area contributed by atoms with Crippen LogP contribution in [-0.4, -0.2) is 22.2 Å². The van der Waals surface area contributed by atoms with E-state index in [9.17, 15) is 9.59 Å². The quantitative estimate of drug-likeness (QED) is 0.413. The number of anilines is 3. The van der Waals surface area contributed by atoms with Crippen molar-refractivity contribution in [3.63, 3.8) is 0 Å². The van der Waals surface area contributed by atoms with Crippen molar-refractivity contribution in [3.05, 3.63) is 84.4 Å². The molecule has 1 unspecified atom stereocenters. The summed E-state index contributed by atoms with van der Waals surface area (Å²) in [5.41, 5.74) is 3.41. The first-order valence-electron chi connectivity index (χ1n) is 9.83. The zero-order valence-corrected chi connectivity index (χ0v) is 18.5. The van der Waals surface area contributed by atoms with Gasteiger partial charge in [0.25, 0.3) is 0 Å². The first kappa shape index (κ1) is 21.1. The van der Waals surface area contributed by atoms with Crippen molar-refractivity contribution in [1.29, 1.82) is 0 Å². The van der Waals surface area contributed by atoms with E-state index < -0.39 is 5.25 Å². The number of para-hydroxylation sites is 1. The van der Waals surface area contributed by atoms with Crippen molar-refractivity contribution in [2.24, 2.45) is 0 Å². The highest BCUT2D eigenvalue weighted by Gasteiger charge is 2.40. The van der Waals surface area contributed by atoms with Gasteiger partial charge in [-0.3, -0.25) is 9.59 Å². The van der Waals surface area contributed by atoms with Crippen LogP contribution in [0, 0.1) is 6.92 Å². The van der Waals surface area contributed by atoms with E-state index in [1.54, 1.807) is 0 Å². The molecule has 31 heavy (non-hydrogen) atoms. The van der Waals surface area contributed by atoms with Crippen molar-refractivity contribution in [2.45, 2.75) is 23.5 Å². The highest BCUT2D eigenvalue weighted by molar-refractivity contribution is 8.00. The van der Waals surface area contributed by atoms with E-state index in [0.29, 0.717) is 10.8 Å². The van der Waals surface area contributed by atoms with Gasteiger partial charge in [-0.25, -0.2) is 4.90 Å². The number of carbonyl (C=O) groups is 2. The Labute approximate surface area is 190 Å². The lowest BCUT2D eigenvalue weighted by Crippen LogP contribution is -2.31. The number of rotatable bonds is 5. The van der Waals surface area contributed by atoms with Crippen molar-refractivity contribution < 1.29 is 9.59 Å². The van der Waals surface area contributed by atoms with Gasteiger partial charge in [0, 0.05) is 22.7 Å². The SMILES string of the molecule is Cc1ccc(N2C(=O)CC(Sc3cccc(NC(=S)Nc4ccccc4)c3)C2=O)cc1. The summed E-state index contributed by atoms with van der Waals surface area (Å²) in [4.78, 5) is 27.6. The fourth-order valence-corrected chi connectivity index (χ4v) is 4.64. The molecule has 0 saturated carbocycles. The average molecular weight is 448 g/mol. The molecule has 2 amide bonds. The van der Waals surface area contributed by atoms with Crippen LogP contribution in [0.25, 0.3) is 0 Å². The first-order valence-corrected chi connectivity index (χ1v) is 11.1. The topological polar surface area (TPSA) is 61.4 Å². The van der Waals surface area contributed by atoms with Crippen molar-refractivity contribution >= 4 is 58.0 Å². The molecule has 1 aliphatic rings. The molecule has 1 saturated heterocycles. The maximum absolute atomic E-state index is 12.9. The lowest BCUT2D eigenvalue weighted by molar-refractivity contribution is -0.121. The van der Waals surface area contributed by atoms with Gasteiger partial charge in [-0.15, -0.1) is 11.8 Å². The fraction of sp³-hybridized carbons (Fsp3) is 0.125. The van der Waals surface area contributed by atoms with Crippen LogP contribution in [-0.2, 0) is 9.59 Å². The van der Waals surface area contributed by atoms with Crippen molar-refractivity contribution in [2.75, 3.05) is 15.5 Å². The summed E-state index contributed by atoms with van der Waals surface area (Å²) in [6.07, 6.45) is 0.184. The third-order valence-corrected chi connectivity index (χ3v) is 6.18. The summed E-state index contributed by atoms with van der Waals surface area (Å²) in [6, 6.07) is 24.7. The number of aryl methyl sites for hydroxylation is 1. The summed E-state index contributed by atoms with van der Waals surface area (Å²) in [6.45, 7) is 1.97. The van der Waals surface area contributed by atoms with E-state index in [1.165, 1.54) is 16.7 Å². The molecule has 1 aliphatic heterocycles. The molecule has 0 aliphatic carbocycles. The molecular weight excluding hydrogens is 426 g/mol.